The first-order valence-electron chi connectivity index (χ1n) is 12.0. The van der Waals surface area contributed by atoms with Crippen molar-refractivity contribution in [3.8, 4) is 17.0 Å². The van der Waals surface area contributed by atoms with E-state index in [9.17, 15) is 9.59 Å². The first-order chi connectivity index (χ1) is 18.1. The fourth-order valence-corrected chi connectivity index (χ4v) is 5.15. The molecule has 3 rings (SSSR count). The standard InChI is InChI=1S/C28H30Cl2N2O5S/c1-6-10-37-24(15(2)3)19-9-7-8-18(25(19)36-5)23-14-38-28(31-23)32-26(33)17-12-21(29)20(22(30)13-17)11-16(4)27(34)35/h7-9,11-15,24H,6,10H2,1-5H3,(H,34,35)(H,31,32,33)/b16-11+/t24-/m1/s1. The van der Waals surface area contributed by atoms with Gasteiger partial charge in [0.15, 0.2) is 5.13 Å². The van der Waals surface area contributed by atoms with Crippen LogP contribution in [-0.4, -0.2) is 35.7 Å². The van der Waals surface area contributed by atoms with Crippen LogP contribution in [0.4, 0.5) is 5.13 Å². The summed E-state index contributed by atoms with van der Waals surface area (Å²) in [6.07, 6.45) is 2.15. The zero-order valence-corrected chi connectivity index (χ0v) is 24.1. The lowest BCUT2D eigenvalue weighted by molar-refractivity contribution is -0.132. The Balaban J connectivity index is 1.87. The first kappa shape index (κ1) is 29.6. The number of carbonyl (C=O) groups is 2. The van der Waals surface area contributed by atoms with Gasteiger partial charge >= 0.3 is 5.97 Å². The molecule has 1 amide bonds. The molecule has 3 aromatic rings. The number of hydrogen-bond donors (Lipinski definition) is 2. The molecular formula is C28H30Cl2N2O5S. The fourth-order valence-electron chi connectivity index (χ4n) is 3.85. The van der Waals surface area contributed by atoms with E-state index in [0.29, 0.717) is 28.7 Å². The summed E-state index contributed by atoms with van der Waals surface area (Å²) in [5, 5.41) is 14.4. The number of para-hydroxylation sites is 1. The molecule has 1 aromatic heterocycles. The summed E-state index contributed by atoms with van der Waals surface area (Å²) in [4.78, 5) is 28.7. The van der Waals surface area contributed by atoms with Crippen LogP contribution < -0.4 is 10.1 Å². The van der Waals surface area contributed by atoms with Crippen molar-refractivity contribution in [2.24, 2.45) is 5.92 Å². The number of nitrogens with one attached hydrogen (secondary N) is 1. The Hall–Kier alpha value is -2.91. The summed E-state index contributed by atoms with van der Waals surface area (Å²) in [5.74, 6) is -0.614. The molecule has 0 saturated carbocycles. The normalized spacial score (nSPS) is 12.5. The lowest BCUT2D eigenvalue weighted by Gasteiger charge is -2.24. The van der Waals surface area contributed by atoms with Crippen LogP contribution in [0.25, 0.3) is 17.3 Å². The topological polar surface area (TPSA) is 97.8 Å². The summed E-state index contributed by atoms with van der Waals surface area (Å²) < 4.78 is 11.9. The summed E-state index contributed by atoms with van der Waals surface area (Å²) in [7, 11) is 1.62. The van der Waals surface area contributed by atoms with Gasteiger partial charge < -0.3 is 14.6 Å². The van der Waals surface area contributed by atoms with Gasteiger partial charge in [-0.2, -0.15) is 0 Å². The Labute approximate surface area is 236 Å². The van der Waals surface area contributed by atoms with Crippen LogP contribution in [0.3, 0.4) is 0 Å². The summed E-state index contributed by atoms with van der Waals surface area (Å²) in [6.45, 7) is 8.37. The van der Waals surface area contributed by atoms with Gasteiger partial charge in [-0.3, -0.25) is 10.1 Å². The Bertz CT molecular complexity index is 1330. The minimum atomic E-state index is -1.09. The number of nitrogens with zero attached hydrogens (tertiary/aromatic N) is 1. The van der Waals surface area contributed by atoms with Gasteiger partial charge in [0.25, 0.3) is 5.91 Å². The number of carboxylic acid groups (broad SMARTS) is 1. The quantitative estimate of drug-likeness (QED) is 0.224. The Morgan fingerprint density at radius 2 is 1.89 bits per heavy atom. The second-order valence-electron chi connectivity index (χ2n) is 8.94. The molecule has 0 radical (unpaired) electrons. The number of carbonyl (C=O) groups excluding carboxylic acids is 1. The van der Waals surface area contributed by atoms with E-state index in [-0.39, 0.29) is 33.2 Å². The zero-order valence-electron chi connectivity index (χ0n) is 21.8. The maximum atomic E-state index is 12.9. The predicted octanol–water partition coefficient (Wildman–Crippen LogP) is 7.99. The molecular weight excluding hydrogens is 547 g/mol. The number of halogens is 2. The van der Waals surface area contributed by atoms with Crippen molar-refractivity contribution in [2.45, 2.75) is 40.2 Å². The van der Waals surface area contributed by atoms with Gasteiger partial charge in [-0.25, -0.2) is 9.78 Å². The lowest BCUT2D eigenvalue weighted by atomic mass is 9.95. The number of hydrogen-bond acceptors (Lipinski definition) is 6. The van der Waals surface area contributed by atoms with E-state index in [1.54, 1.807) is 7.11 Å². The van der Waals surface area contributed by atoms with Crippen molar-refractivity contribution >= 4 is 57.6 Å². The number of aliphatic carboxylic acids is 1. The van der Waals surface area contributed by atoms with E-state index in [0.717, 1.165) is 17.5 Å². The van der Waals surface area contributed by atoms with Crippen LogP contribution in [0.15, 0.2) is 41.3 Å². The van der Waals surface area contributed by atoms with E-state index in [4.69, 9.17) is 37.8 Å². The van der Waals surface area contributed by atoms with Crippen LogP contribution in [0.2, 0.25) is 10.0 Å². The van der Waals surface area contributed by atoms with Crippen LogP contribution in [0, 0.1) is 5.92 Å². The third-order valence-electron chi connectivity index (χ3n) is 5.70. The number of rotatable bonds is 11. The van der Waals surface area contributed by atoms with Crippen molar-refractivity contribution in [1.82, 2.24) is 4.98 Å². The second-order valence-corrected chi connectivity index (χ2v) is 10.6. The van der Waals surface area contributed by atoms with E-state index in [1.807, 2.05) is 23.6 Å². The molecule has 0 unspecified atom stereocenters. The highest BCUT2D eigenvalue weighted by Gasteiger charge is 2.24. The van der Waals surface area contributed by atoms with Crippen molar-refractivity contribution in [2.75, 3.05) is 19.0 Å². The van der Waals surface area contributed by atoms with Gasteiger partial charge in [-0.15, -0.1) is 11.3 Å². The molecule has 0 aliphatic carbocycles. The van der Waals surface area contributed by atoms with Crippen molar-refractivity contribution in [3.63, 3.8) is 0 Å². The SMILES string of the molecule is CCCO[C@@H](c1cccc(-c2csc(NC(=O)c3cc(Cl)c(/C=C(\C)C(=O)O)c(Cl)c3)n2)c1OC)C(C)C. The van der Waals surface area contributed by atoms with Crippen LogP contribution in [-0.2, 0) is 9.53 Å². The number of ether oxygens (including phenoxy) is 2. The molecule has 0 spiro atoms. The molecule has 0 bridgehead atoms. The Morgan fingerprint density at radius 3 is 2.47 bits per heavy atom. The maximum absolute atomic E-state index is 12.9. The van der Waals surface area contributed by atoms with Gasteiger partial charge in [-0.1, -0.05) is 56.1 Å². The molecule has 10 heteroatoms. The third kappa shape index (κ3) is 6.94. The van der Waals surface area contributed by atoms with Gasteiger partial charge in [0.1, 0.15) is 5.75 Å². The number of anilines is 1. The first-order valence-corrected chi connectivity index (χ1v) is 13.7. The highest BCUT2D eigenvalue weighted by atomic mass is 35.5. The molecule has 38 heavy (non-hydrogen) atoms. The predicted molar refractivity (Wildman–Crippen MR) is 154 cm³/mol. The summed E-state index contributed by atoms with van der Waals surface area (Å²) in [6, 6.07) is 8.74. The largest absolute Gasteiger partial charge is 0.496 e. The average Bonchev–Trinajstić information content (AvgIpc) is 3.33. The molecule has 7 nitrogen and oxygen atoms in total. The van der Waals surface area contributed by atoms with E-state index in [2.05, 4.69) is 31.1 Å². The highest BCUT2D eigenvalue weighted by molar-refractivity contribution is 7.14. The third-order valence-corrected chi connectivity index (χ3v) is 7.09. The minimum Gasteiger partial charge on any atom is -0.496 e. The number of thiazole rings is 1. The smallest absolute Gasteiger partial charge is 0.331 e. The zero-order chi connectivity index (χ0) is 28.0. The van der Waals surface area contributed by atoms with E-state index >= 15 is 0 Å². The highest BCUT2D eigenvalue weighted by Crippen LogP contribution is 2.40. The van der Waals surface area contributed by atoms with Crippen molar-refractivity contribution in [1.29, 1.82) is 0 Å². The molecule has 1 atom stereocenters. The fraction of sp³-hybridized carbons (Fsp3) is 0.321. The second kappa shape index (κ2) is 13.2. The Kier molecular flexibility index (Phi) is 10.3. The number of methoxy groups -OCH3 is 1. The van der Waals surface area contributed by atoms with Crippen LogP contribution in [0.1, 0.15) is 61.7 Å². The minimum absolute atomic E-state index is 0.0671. The molecule has 2 aromatic carbocycles. The van der Waals surface area contributed by atoms with Crippen LogP contribution in [0.5, 0.6) is 5.75 Å². The average molecular weight is 578 g/mol. The van der Waals surface area contributed by atoms with Gasteiger partial charge in [0.2, 0.25) is 0 Å². The monoisotopic (exact) mass is 576 g/mol. The van der Waals surface area contributed by atoms with Gasteiger partial charge in [0, 0.05) is 39.8 Å². The maximum Gasteiger partial charge on any atom is 0.331 e. The number of carboxylic acids is 1. The molecule has 0 aliphatic rings. The Morgan fingerprint density at radius 1 is 1.21 bits per heavy atom. The van der Waals surface area contributed by atoms with Gasteiger partial charge in [-0.05, 0) is 43.5 Å². The van der Waals surface area contributed by atoms with E-state index in [1.165, 1.54) is 36.5 Å². The molecule has 0 saturated heterocycles. The van der Waals surface area contributed by atoms with Crippen molar-refractivity contribution in [3.05, 3.63) is 68.0 Å². The van der Waals surface area contributed by atoms with E-state index < -0.39 is 11.9 Å². The number of amides is 1. The molecule has 2 N–H and O–H groups in total. The number of benzene rings is 2. The van der Waals surface area contributed by atoms with Crippen molar-refractivity contribution < 1.29 is 24.2 Å². The molecule has 0 aliphatic heterocycles. The lowest BCUT2D eigenvalue weighted by Crippen LogP contribution is -2.13. The summed E-state index contributed by atoms with van der Waals surface area (Å²) >= 11 is 13.9. The number of aromatic nitrogens is 1. The van der Waals surface area contributed by atoms with Gasteiger partial charge in [0.05, 0.1) is 29.0 Å². The van der Waals surface area contributed by atoms with Crippen LogP contribution >= 0.6 is 34.5 Å². The summed E-state index contributed by atoms with van der Waals surface area (Å²) in [5.41, 5.74) is 3.01. The molecule has 0 fully saturated rings. The molecule has 1 heterocycles. The molecule has 202 valence electrons.